The lowest BCUT2D eigenvalue weighted by atomic mass is 9.99. The fourth-order valence-corrected chi connectivity index (χ4v) is 21.6. The van der Waals surface area contributed by atoms with Crippen LogP contribution in [0.15, 0.2) is 421 Å². The molecule has 120 heavy (non-hydrogen) atoms. The van der Waals surface area contributed by atoms with Crippen molar-refractivity contribution in [3.8, 4) is 89.5 Å². The largest absolute Gasteiger partial charge is 0.439 e. The lowest BCUT2D eigenvalue weighted by Crippen LogP contribution is -1.95. The summed E-state index contributed by atoms with van der Waals surface area (Å²) in [6, 6.07) is 150. The van der Waals surface area contributed by atoms with Gasteiger partial charge < -0.3 is 18.0 Å². The Morgan fingerprint density at radius 2 is 0.483 bits per heavy atom. The molecule has 8 aromatic heterocycles. The molecular weight excluding hydrogens is 1500 g/mol. The van der Waals surface area contributed by atoms with Crippen molar-refractivity contribution >= 4 is 173 Å². The molecule has 0 radical (unpaired) electrons. The summed E-state index contributed by atoms with van der Waals surface area (Å²) >= 11 is 3.74. The van der Waals surface area contributed by atoms with E-state index in [2.05, 4.69) is 431 Å². The summed E-state index contributed by atoms with van der Waals surface area (Å²) in [5.74, 6) is 0. The number of para-hydroxylation sites is 2. The van der Waals surface area contributed by atoms with Gasteiger partial charge in [-0.05, 0) is 199 Å². The topological polar surface area (TPSA) is 46.0 Å². The average Bonchev–Trinajstić information content (AvgIpc) is 1.55. The van der Waals surface area contributed by atoms with Crippen LogP contribution in [0.5, 0.6) is 0 Å². The molecule has 18 aromatic carbocycles. The van der Waals surface area contributed by atoms with Gasteiger partial charge in [-0.25, -0.2) is 0 Å². The Labute approximate surface area is 696 Å². The van der Waals surface area contributed by atoms with Crippen LogP contribution in [-0.4, -0.2) is 18.3 Å². The van der Waals surface area contributed by atoms with E-state index in [-0.39, 0.29) is 0 Å². The molecule has 560 valence electrons. The lowest BCUT2D eigenvalue weighted by Gasteiger charge is -2.12. The van der Waals surface area contributed by atoms with Crippen LogP contribution in [0.4, 0.5) is 0 Å². The normalized spacial score (nSPS) is 12.0. The second kappa shape index (κ2) is 27.1. The minimum Gasteiger partial charge on any atom is -0.439 e. The summed E-state index contributed by atoms with van der Waals surface area (Å²) in [6.45, 7) is 0. The minimum atomic E-state index is 0.853. The van der Waals surface area contributed by atoms with Gasteiger partial charge in [0.25, 0.3) is 0 Å². The highest BCUT2D eigenvalue weighted by atomic mass is 32.1. The summed E-state index contributed by atoms with van der Waals surface area (Å²) in [4.78, 5) is 2.53. The van der Waals surface area contributed by atoms with E-state index in [0.717, 1.165) is 72.2 Å². The Balaban J connectivity index is 0.000000138. The fraction of sp³-hybridized carbons (Fsp3) is 0. The summed E-state index contributed by atoms with van der Waals surface area (Å²) in [5.41, 5.74) is 27.1. The highest BCUT2D eigenvalue weighted by molar-refractivity contribution is 7.26. The molecule has 0 atom stereocenters. The zero-order chi connectivity index (χ0) is 78.6. The van der Waals surface area contributed by atoms with Crippen LogP contribution in [-0.2, 0) is 0 Å². The van der Waals surface area contributed by atoms with Crippen molar-refractivity contribution in [2.75, 3.05) is 0 Å². The molecule has 0 fully saturated rings. The van der Waals surface area contributed by atoms with Gasteiger partial charge in [-0.1, -0.05) is 291 Å². The minimum absolute atomic E-state index is 0.853. The first-order valence-electron chi connectivity index (χ1n) is 40.8. The number of nitrogens with zero attached hydrogens (tertiary/aromatic N) is 4. The van der Waals surface area contributed by atoms with Gasteiger partial charge in [-0.15, -0.1) is 22.7 Å². The third-order valence-corrected chi connectivity index (χ3v) is 27.0. The zero-order valence-electron chi connectivity index (χ0n) is 64.7. The van der Waals surface area contributed by atoms with Crippen LogP contribution in [0.2, 0.25) is 0 Å². The number of aromatic nitrogens is 4. The zero-order valence-corrected chi connectivity index (χ0v) is 66.3. The predicted molar refractivity (Wildman–Crippen MR) is 508 cm³/mol. The summed E-state index contributed by atoms with van der Waals surface area (Å²) < 4.78 is 25.6. The van der Waals surface area contributed by atoms with Crippen molar-refractivity contribution in [3.05, 3.63) is 413 Å². The Hall–Kier alpha value is -15.3. The van der Waals surface area contributed by atoms with Crippen molar-refractivity contribution in [3.63, 3.8) is 0 Å². The van der Waals surface area contributed by atoms with Gasteiger partial charge in [0, 0.05) is 85.4 Å². The van der Waals surface area contributed by atoms with Crippen molar-refractivity contribution in [2.24, 2.45) is 0 Å². The number of benzene rings is 18. The first-order chi connectivity index (χ1) is 59.5. The molecule has 0 saturated carbocycles. The molecule has 8 heterocycles. The molecule has 0 N–H and O–H groups in total. The van der Waals surface area contributed by atoms with Crippen LogP contribution >= 0.6 is 22.7 Å². The first kappa shape index (κ1) is 68.0. The van der Waals surface area contributed by atoms with E-state index >= 15 is 0 Å². The summed E-state index contributed by atoms with van der Waals surface area (Å²) in [5, 5.41) is 19.5. The van der Waals surface area contributed by atoms with Crippen LogP contribution in [0, 0.1) is 0 Å². The second-order valence-corrected chi connectivity index (χ2v) is 33.4. The van der Waals surface area contributed by atoms with Crippen LogP contribution in [0.3, 0.4) is 0 Å². The Morgan fingerprint density at radius 3 is 0.950 bits per heavy atom. The molecule has 0 spiro atoms. The molecule has 26 rings (SSSR count). The van der Waals surface area contributed by atoms with Gasteiger partial charge in [0.15, 0.2) is 0 Å². The van der Waals surface area contributed by atoms with Crippen molar-refractivity contribution in [2.45, 2.75) is 0 Å². The monoisotopic (exact) mass is 1560 g/mol. The third-order valence-electron chi connectivity index (χ3n) is 24.7. The number of fused-ring (bicyclic) bond motifs is 22. The molecule has 8 heteroatoms. The van der Waals surface area contributed by atoms with E-state index in [1.165, 1.54) is 167 Å². The number of furan rings is 2. The molecule has 0 saturated heterocycles. The van der Waals surface area contributed by atoms with Gasteiger partial charge in [0.1, 0.15) is 20.8 Å². The van der Waals surface area contributed by atoms with Crippen molar-refractivity contribution in [1.29, 1.82) is 0 Å². The van der Waals surface area contributed by atoms with E-state index < -0.39 is 0 Å². The molecule has 0 unspecified atom stereocenters. The van der Waals surface area contributed by atoms with Crippen LogP contribution in [0.1, 0.15) is 0 Å². The van der Waals surface area contributed by atoms with Gasteiger partial charge >= 0.3 is 0 Å². The number of hydrogen-bond donors (Lipinski definition) is 0. The van der Waals surface area contributed by atoms with Gasteiger partial charge in [-0.2, -0.15) is 0 Å². The summed E-state index contributed by atoms with van der Waals surface area (Å²) in [6.07, 6.45) is 0. The van der Waals surface area contributed by atoms with E-state index in [4.69, 9.17) is 8.83 Å². The fourth-order valence-electron chi connectivity index (χ4n) is 19.1. The Morgan fingerprint density at radius 1 is 0.183 bits per heavy atom. The molecule has 6 nitrogen and oxygen atoms in total. The standard InChI is InChI=1S/C64H40N2OS.C48H28N2OS/c1-3-13-41(14-4-1)45-17-11-19-47(37-45)43-25-31-51(32-26-43)65-57-35-29-49(39-55(57)61-53-21-7-9-23-59(53)67-63(61)65)50-30-36-58-56(40-50)62-54-22-8-10-24-60(54)68-64(62)66(58)52-33-27-44(28-34-52)48-20-12-18-46(38-48)42-15-5-2-6-16-42;1-3-15-33-29(11-1)13-9-19-39(33)49-41-25-23-31(27-37(41)45-35-17-5-7-21-43(35)51-47(45)49)32-24-26-42-38(28-32)46-36-18-6-8-22-44(36)52-48(46)50(42)40-20-10-14-30-12-2-4-16-34(30)40/h1-40H;1-28H. The number of hydrogen-bond acceptors (Lipinski definition) is 4. The van der Waals surface area contributed by atoms with E-state index in [9.17, 15) is 0 Å². The lowest BCUT2D eigenvalue weighted by molar-refractivity contribution is 0.645. The average molecular weight is 1570 g/mol. The second-order valence-electron chi connectivity index (χ2n) is 31.4. The van der Waals surface area contributed by atoms with E-state index in [1.807, 2.05) is 22.7 Å². The van der Waals surface area contributed by atoms with Gasteiger partial charge in [-0.3, -0.25) is 9.13 Å². The molecule has 0 aliphatic heterocycles. The number of thiophene rings is 2. The van der Waals surface area contributed by atoms with Crippen molar-refractivity contribution in [1.82, 2.24) is 18.3 Å². The maximum Gasteiger partial charge on any atom is 0.213 e. The van der Waals surface area contributed by atoms with Gasteiger partial charge in [0.05, 0.1) is 44.2 Å². The molecular formula is C112H68N4O2S2. The highest BCUT2D eigenvalue weighted by Crippen LogP contribution is 2.50. The van der Waals surface area contributed by atoms with Gasteiger partial charge in [0.2, 0.25) is 11.4 Å². The number of rotatable bonds is 10. The van der Waals surface area contributed by atoms with Crippen LogP contribution < -0.4 is 0 Å². The Kier molecular flexibility index (Phi) is 15.4. The SMILES string of the molecule is c1ccc(-c2cccc(-c3ccc(-n4c5ccc(-c6ccc7c(c6)c6c8ccccc8sc6n7-c6ccc(-c7cccc(-c8ccccc8)c7)cc6)cc5c5c6ccccc6oc54)cc3)c2)cc1.c1ccc2c(-n3c4ccc(-c5ccc6c(c5)c5c7ccccc7sc5n6-c5cccc6ccccc56)cc4c4c5ccccc5oc43)cccc2c1. The summed E-state index contributed by atoms with van der Waals surface area (Å²) in [7, 11) is 0. The van der Waals surface area contributed by atoms with Crippen molar-refractivity contribution < 1.29 is 8.83 Å². The molecule has 0 bridgehead atoms. The first-order valence-corrected chi connectivity index (χ1v) is 42.5. The maximum absolute atomic E-state index is 6.75. The maximum atomic E-state index is 6.75. The molecule has 0 aliphatic carbocycles. The molecule has 0 aliphatic rings. The quantitative estimate of drug-likeness (QED) is 0.137. The Bertz CT molecular complexity index is 8140. The van der Waals surface area contributed by atoms with E-state index in [1.54, 1.807) is 0 Å². The predicted octanol–water partition coefficient (Wildman–Crippen LogP) is 32.0. The van der Waals surface area contributed by atoms with E-state index in [0.29, 0.717) is 0 Å². The molecule has 0 amide bonds. The van der Waals surface area contributed by atoms with Crippen LogP contribution in [0.25, 0.3) is 239 Å². The molecule has 26 aromatic rings. The highest BCUT2D eigenvalue weighted by Gasteiger charge is 2.27. The smallest absolute Gasteiger partial charge is 0.213 e. The third kappa shape index (κ3) is 10.7.